The maximum absolute atomic E-state index is 13.0. The van der Waals surface area contributed by atoms with E-state index in [2.05, 4.69) is 15.3 Å². The van der Waals surface area contributed by atoms with Gasteiger partial charge in [-0.05, 0) is 33.1 Å². The quantitative estimate of drug-likeness (QED) is 0.817. The highest BCUT2D eigenvalue weighted by molar-refractivity contribution is 7.15. The summed E-state index contributed by atoms with van der Waals surface area (Å²) in [6.07, 6.45) is 7.60. The van der Waals surface area contributed by atoms with Crippen molar-refractivity contribution >= 4 is 28.2 Å². The lowest BCUT2D eigenvalue weighted by molar-refractivity contribution is -0.137. The molecule has 0 spiro atoms. The molecule has 3 heterocycles. The summed E-state index contributed by atoms with van der Waals surface area (Å²) in [5.41, 5.74) is 6.70. The zero-order valence-corrected chi connectivity index (χ0v) is 17.4. The predicted octanol–water partition coefficient (Wildman–Crippen LogP) is 3.27. The molecular weight excluding hydrogens is 372 g/mol. The van der Waals surface area contributed by atoms with Crippen LogP contribution in [-0.2, 0) is 4.79 Å². The summed E-state index contributed by atoms with van der Waals surface area (Å²) in [5, 5.41) is 4.10. The third-order valence-electron chi connectivity index (χ3n) is 5.74. The molecule has 4 rings (SSSR count). The molecule has 7 nitrogen and oxygen atoms in total. The predicted molar refractivity (Wildman–Crippen MR) is 111 cm³/mol. The Bertz CT molecular complexity index is 860. The van der Waals surface area contributed by atoms with Gasteiger partial charge in [-0.3, -0.25) is 4.79 Å². The van der Waals surface area contributed by atoms with E-state index in [0.717, 1.165) is 66.0 Å². The molecule has 1 saturated carbocycles. The van der Waals surface area contributed by atoms with Crippen LogP contribution in [-0.4, -0.2) is 44.4 Å². The topological polar surface area (TPSA) is 97.0 Å². The van der Waals surface area contributed by atoms with Gasteiger partial charge >= 0.3 is 0 Å². The number of carbonyl (C=O) groups excluding carboxylic acids is 1. The molecule has 150 valence electrons. The number of aromatic nitrogens is 3. The van der Waals surface area contributed by atoms with Crippen LogP contribution >= 0.6 is 11.3 Å². The minimum absolute atomic E-state index is 0.110. The summed E-state index contributed by atoms with van der Waals surface area (Å²) in [6.45, 7) is 5.38. The molecule has 2 aromatic rings. The fraction of sp³-hybridized carbons (Fsp3) is 0.600. The summed E-state index contributed by atoms with van der Waals surface area (Å²) in [7, 11) is 0. The number of aryl methyl sites for hydroxylation is 2. The third kappa shape index (κ3) is 4.03. The second kappa shape index (κ2) is 7.75. The van der Waals surface area contributed by atoms with Crippen molar-refractivity contribution in [3.63, 3.8) is 0 Å². The molecule has 0 radical (unpaired) electrons. The first-order valence-corrected chi connectivity index (χ1v) is 10.9. The molecule has 8 heteroatoms. The van der Waals surface area contributed by atoms with Crippen molar-refractivity contribution in [2.24, 2.45) is 5.73 Å². The number of carbonyl (C=O) groups is 1. The number of rotatable bonds is 4. The fourth-order valence-electron chi connectivity index (χ4n) is 4.23. The number of amides is 1. The van der Waals surface area contributed by atoms with Gasteiger partial charge in [0.05, 0.1) is 5.54 Å². The molecule has 3 N–H and O–H groups in total. The summed E-state index contributed by atoms with van der Waals surface area (Å²) in [5.74, 6) is 1.80. The standard InChI is InChI=1S/C20H28N6OS/c1-13-10-16(25-19-22-11-14(2)28-19)24-17(23-13)15-6-9-26(12-15)18(27)20(21)7-4-3-5-8-20/h10-11,15H,3-9,12,21H2,1-2H3,(H,22,23,24,25). The Labute approximate surface area is 169 Å². The van der Waals surface area contributed by atoms with Gasteiger partial charge in [-0.15, -0.1) is 11.3 Å². The van der Waals surface area contributed by atoms with Crippen LogP contribution in [0.5, 0.6) is 0 Å². The lowest BCUT2D eigenvalue weighted by Crippen LogP contribution is -2.55. The minimum Gasteiger partial charge on any atom is -0.340 e. The Hall–Kier alpha value is -2.06. The maximum atomic E-state index is 13.0. The van der Waals surface area contributed by atoms with Gasteiger partial charge < -0.3 is 16.0 Å². The van der Waals surface area contributed by atoms with Gasteiger partial charge in [0.15, 0.2) is 5.13 Å². The average Bonchev–Trinajstić information content (AvgIpc) is 3.30. The van der Waals surface area contributed by atoms with Crippen molar-refractivity contribution in [2.45, 2.75) is 63.8 Å². The van der Waals surface area contributed by atoms with E-state index < -0.39 is 5.54 Å². The lowest BCUT2D eigenvalue weighted by atomic mass is 9.81. The van der Waals surface area contributed by atoms with Gasteiger partial charge in [0.2, 0.25) is 5.91 Å². The van der Waals surface area contributed by atoms with E-state index >= 15 is 0 Å². The smallest absolute Gasteiger partial charge is 0.242 e. The molecule has 1 amide bonds. The van der Waals surface area contributed by atoms with Crippen molar-refractivity contribution < 1.29 is 4.79 Å². The Balaban J connectivity index is 1.47. The summed E-state index contributed by atoms with van der Waals surface area (Å²) >= 11 is 1.60. The van der Waals surface area contributed by atoms with E-state index in [1.807, 2.05) is 31.0 Å². The second-order valence-electron chi connectivity index (χ2n) is 8.11. The SMILES string of the molecule is Cc1cc(Nc2ncc(C)s2)nc(C2CCN(C(=O)C3(N)CCCCC3)C2)n1. The molecule has 28 heavy (non-hydrogen) atoms. The zero-order chi connectivity index (χ0) is 19.7. The van der Waals surface area contributed by atoms with E-state index in [1.54, 1.807) is 11.3 Å². The highest BCUT2D eigenvalue weighted by Crippen LogP contribution is 2.32. The molecule has 0 aromatic carbocycles. The molecule has 1 aliphatic carbocycles. The van der Waals surface area contributed by atoms with Gasteiger partial charge in [0.1, 0.15) is 11.6 Å². The van der Waals surface area contributed by atoms with Crippen molar-refractivity contribution in [1.29, 1.82) is 0 Å². The first-order valence-electron chi connectivity index (χ1n) is 10.1. The van der Waals surface area contributed by atoms with E-state index in [4.69, 9.17) is 10.7 Å². The first kappa shape index (κ1) is 19.3. The number of thiazole rings is 1. The second-order valence-corrected chi connectivity index (χ2v) is 9.34. The van der Waals surface area contributed by atoms with Gasteiger partial charge in [-0.1, -0.05) is 19.3 Å². The van der Waals surface area contributed by atoms with Crippen LogP contribution < -0.4 is 11.1 Å². The zero-order valence-electron chi connectivity index (χ0n) is 16.6. The average molecular weight is 401 g/mol. The molecule has 0 bridgehead atoms. The molecule has 2 aromatic heterocycles. The molecule has 1 saturated heterocycles. The Morgan fingerprint density at radius 3 is 2.79 bits per heavy atom. The monoisotopic (exact) mass is 400 g/mol. The third-order valence-corrected chi connectivity index (χ3v) is 6.57. The van der Waals surface area contributed by atoms with Crippen LogP contribution in [0.2, 0.25) is 0 Å². The first-order chi connectivity index (χ1) is 13.4. The number of nitrogens with two attached hydrogens (primary N) is 1. The minimum atomic E-state index is -0.671. The highest BCUT2D eigenvalue weighted by Gasteiger charge is 2.41. The van der Waals surface area contributed by atoms with Crippen LogP contribution in [0.15, 0.2) is 12.3 Å². The molecule has 2 fully saturated rings. The van der Waals surface area contributed by atoms with E-state index in [0.29, 0.717) is 6.54 Å². The lowest BCUT2D eigenvalue weighted by Gasteiger charge is -2.35. The summed E-state index contributed by atoms with van der Waals surface area (Å²) in [6, 6.07) is 1.93. The van der Waals surface area contributed by atoms with E-state index in [-0.39, 0.29) is 11.8 Å². The Kier molecular flexibility index (Phi) is 5.33. The van der Waals surface area contributed by atoms with Crippen molar-refractivity contribution in [3.05, 3.63) is 28.7 Å². The van der Waals surface area contributed by atoms with Crippen LogP contribution in [0, 0.1) is 13.8 Å². The van der Waals surface area contributed by atoms with Gasteiger partial charge in [0.25, 0.3) is 0 Å². The van der Waals surface area contributed by atoms with E-state index in [1.165, 1.54) is 6.42 Å². The molecule has 1 unspecified atom stereocenters. The summed E-state index contributed by atoms with van der Waals surface area (Å²) < 4.78 is 0. The Morgan fingerprint density at radius 2 is 2.07 bits per heavy atom. The number of hydrogen-bond donors (Lipinski definition) is 2. The van der Waals surface area contributed by atoms with E-state index in [9.17, 15) is 4.79 Å². The fourth-order valence-corrected chi connectivity index (χ4v) is 4.90. The van der Waals surface area contributed by atoms with Gasteiger partial charge in [-0.25, -0.2) is 15.0 Å². The number of anilines is 2. The number of nitrogens with zero attached hydrogens (tertiary/aromatic N) is 4. The Morgan fingerprint density at radius 1 is 1.29 bits per heavy atom. The van der Waals surface area contributed by atoms with Crippen LogP contribution in [0.25, 0.3) is 0 Å². The van der Waals surface area contributed by atoms with Crippen molar-refractivity contribution in [2.75, 3.05) is 18.4 Å². The van der Waals surface area contributed by atoms with Gasteiger partial charge in [0, 0.05) is 41.8 Å². The van der Waals surface area contributed by atoms with Gasteiger partial charge in [-0.2, -0.15) is 0 Å². The van der Waals surface area contributed by atoms with Crippen molar-refractivity contribution in [3.8, 4) is 0 Å². The number of likely N-dealkylation sites (tertiary alicyclic amines) is 1. The van der Waals surface area contributed by atoms with Crippen LogP contribution in [0.4, 0.5) is 10.9 Å². The molecule has 2 aliphatic rings. The molecule has 1 atom stereocenters. The number of nitrogens with one attached hydrogen (secondary N) is 1. The van der Waals surface area contributed by atoms with Crippen molar-refractivity contribution in [1.82, 2.24) is 19.9 Å². The maximum Gasteiger partial charge on any atom is 0.242 e. The summed E-state index contributed by atoms with van der Waals surface area (Å²) in [4.78, 5) is 29.8. The normalized spacial score (nSPS) is 21.7. The highest BCUT2D eigenvalue weighted by atomic mass is 32.1. The number of hydrogen-bond acceptors (Lipinski definition) is 7. The van der Waals surface area contributed by atoms with Crippen LogP contribution in [0.3, 0.4) is 0 Å². The molecule has 1 aliphatic heterocycles. The van der Waals surface area contributed by atoms with Crippen LogP contribution in [0.1, 0.15) is 60.8 Å². The largest absolute Gasteiger partial charge is 0.340 e. The molecular formula is C20H28N6OS.